The molecule has 3 aromatic rings. The van der Waals surface area contributed by atoms with E-state index in [4.69, 9.17) is 4.52 Å². The summed E-state index contributed by atoms with van der Waals surface area (Å²) in [5, 5.41) is 16.5. The van der Waals surface area contributed by atoms with E-state index < -0.39 is 0 Å². The molecule has 1 amide bonds. The van der Waals surface area contributed by atoms with Gasteiger partial charge in [-0.1, -0.05) is 23.4 Å². The van der Waals surface area contributed by atoms with Gasteiger partial charge in [-0.3, -0.25) is 4.79 Å². The van der Waals surface area contributed by atoms with Crippen molar-refractivity contribution >= 4 is 11.7 Å². The predicted octanol–water partition coefficient (Wildman–Crippen LogP) is 3.14. The Balaban J connectivity index is 1.66. The zero-order chi connectivity index (χ0) is 19.5. The van der Waals surface area contributed by atoms with Gasteiger partial charge < -0.3 is 9.84 Å². The molecule has 1 atom stereocenters. The SMILES string of the molecule is Cc1oncc1-c1cccc(-c2ccnc(N(C#N)C(=O)[C@H]3CCNC3)c2)c1. The highest BCUT2D eigenvalue weighted by atomic mass is 16.5. The zero-order valence-electron chi connectivity index (χ0n) is 15.4. The molecule has 140 valence electrons. The molecule has 0 saturated carbocycles. The van der Waals surface area contributed by atoms with Gasteiger partial charge in [0.1, 0.15) is 11.6 Å². The Morgan fingerprint density at radius 1 is 1.29 bits per heavy atom. The Labute approximate surface area is 162 Å². The molecule has 0 radical (unpaired) electrons. The van der Waals surface area contributed by atoms with Crippen molar-refractivity contribution in [2.75, 3.05) is 18.0 Å². The summed E-state index contributed by atoms with van der Waals surface area (Å²) in [7, 11) is 0. The van der Waals surface area contributed by atoms with Gasteiger partial charge in [-0.2, -0.15) is 10.2 Å². The molecule has 28 heavy (non-hydrogen) atoms. The van der Waals surface area contributed by atoms with Crippen molar-refractivity contribution < 1.29 is 9.32 Å². The van der Waals surface area contributed by atoms with Crippen molar-refractivity contribution in [2.45, 2.75) is 13.3 Å². The van der Waals surface area contributed by atoms with E-state index in [0.29, 0.717) is 12.4 Å². The van der Waals surface area contributed by atoms with E-state index in [0.717, 1.165) is 45.9 Å². The third kappa shape index (κ3) is 3.38. The molecule has 0 bridgehead atoms. The summed E-state index contributed by atoms with van der Waals surface area (Å²) in [4.78, 5) is 18.0. The third-order valence-electron chi connectivity index (χ3n) is 4.96. The van der Waals surface area contributed by atoms with Gasteiger partial charge in [-0.25, -0.2) is 4.98 Å². The van der Waals surface area contributed by atoms with Crippen LogP contribution < -0.4 is 10.2 Å². The molecular formula is C21H19N5O2. The molecule has 1 aromatic carbocycles. The number of aryl methyl sites for hydroxylation is 1. The van der Waals surface area contributed by atoms with E-state index in [9.17, 15) is 10.1 Å². The maximum absolute atomic E-state index is 12.7. The van der Waals surface area contributed by atoms with Crippen LogP contribution in [-0.4, -0.2) is 29.1 Å². The Bertz CT molecular complexity index is 1050. The number of nitrogens with one attached hydrogen (secondary N) is 1. The van der Waals surface area contributed by atoms with Gasteiger partial charge >= 0.3 is 0 Å². The van der Waals surface area contributed by atoms with Crippen LogP contribution in [-0.2, 0) is 4.79 Å². The summed E-state index contributed by atoms with van der Waals surface area (Å²) in [5.74, 6) is 0.679. The van der Waals surface area contributed by atoms with Crippen molar-refractivity contribution in [1.82, 2.24) is 15.5 Å². The van der Waals surface area contributed by atoms with Gasteiger partial charge in [0.2, 0.25) is 5.91 Å². The number of nitriles is 1. The Morgan fingerprint density at radius 3 is 2.82 bits per heavy atom. The number of amides is 1. The lowest BCUT2D eigenvalue weighted by Gasteiger charge is -2.17. The van der Waals surface area contributed by atoms with E-state index in [1.807, 2.05) is 43.4 Å². The Hall–Kier alpha value is -3.50. The van der Waals surface area contributed by atoms with Crippen LogP contribution in [0.4, 0.5) is 5.82 Å². The second kappa shape index (κ2) is 7.62. The van der Waals surface area contributed by atoms with Gasteiger partial charge in [0.25, 0.3) is 0 Å². The second-order valence-electron chi connectivity index (χ2n) is 6.74. The maximum atomic E-state index is 12.7. The van der Waals surface area contributed by atoms with Crippen LogP contribution in [0.15, 0.2) is 53.3 Å². The van der Waals surface area contributed by atoms with Crippen molar-refractivity contribution in [3.05, 3.63) is 54.6 Å². The Kier molecular flexibility index (Phi) is 4.87. The maximum Gasteiger partial charge on any atom is 0.246 e. The number of carbonyl (C=O) groups excluding carboxylic acids is 1. The van der Waals surface area contributed by atoms with E-state index >= 15 is 0 Å². The van der Waals surface area contributed by atoms with E-state index in [1.54, 1.807) is 18.5 Å². The lowest BCUT2D eigenvalue weighted by molar-refractivity contribution is -0.121. The minimum Gasteiger partial charge on any atom is -0.361 e. The smallest absolute Gasteiger partial charge is 0.246 e. The van der Waals surface area contributed by atoms with Crippen LogP contribution in [0.5, 0.6) is 0 Å². The van der Waals surface area contributed by atoms with Gasteiger partial charge in [0.15, 0.2) is 6.19 Å². The molecule has 3 heterocycles. The minimum atomic E-state index is -0.217. The first kappa shape index (κ1) is 17.9. The average molecular weight is 373 g/mol. The molecule has 0 unspecified atom stereocenters. The van der Waals surface area contributed by atoms with Gasteiger partial charge in [-0.15, -0.1) is 0 Å². The molecule has 2 aromatic heterocycles. The van der Waals surface area contributed by atoms with Crippen molar-refractivity contribution in [3.63, 3.8) is 0 Å². The lowest BCUT2D eigenvalue weighted by atomic mass is 10.00. The summed E-state index contributed by atoms with van der Waals surface area (Å²) in [6.45, 7) is 3.25. The zero-order valence-corrected chi connectivity index (χ0v) is 15.4. The summed E-state index contributed by atoms with van der Waals surface area (Å²) in [6, 6.07) is 11.6. The number of aromatic nitrogens is 2. The molecule has 4 rings (SSSR count). The van der Waals surface area contributed by atoms with Crippen LogP contribution in [0.3, 0.4) is 0 Å². The van der Waals surface area contributed by atoms with Crippen molar-refractivity contribution in [1.29, 1.82) is 5.26 Å². The molecule has 7 nitrogen and oxygen atoms in total. The number of anilines is 1. The molecule has 7 heteroatoms. The molecule has 1 aliphatic heterocycles. The standard InChI is InChI=1S/C21H19N5O2/c1-14-19(12-25-28-14)17-4-2-3-15(9-17)16-6-8-24-20(10-16)26(13-22)21(27)18-5-7-23-11-18/h2-4,6,8-10,12,18,23H,5,7,11H2,1H3/t18-/m0/s1. The highest BCUT2D eigenvalue weighted by molar-refractivity contribution is 5.97. The second-order valence-corrected chi connectivity index (χ2v) is 6.74. The number of nitrogens with zero attached hydrogens (tertiary/aromatic N) is 4. The van der Waals surface area contributed by atoms with Crippen molar-refractivity contribution in [2.24, 2.45) is 5.92 Å². The topological polar surface area (TPSA) is 95.1 Å². The van der Waals surface area contributed by atoms with Gasteiger partial charge in [-0.05, 0) is 54.8 Å². The van der Waals surface area contributed by atoms with Crippen molar-refractivity contribution in [3.8, 4) is 28.4 Å². The fourth-order valence-corrected chi connectivity index (χ4v) is 3.42. The largest absolute Gasteiger partial charge is 0.361 e. The number of benzene rings is 1. The van der Waals surface area contributed by atoms with Crippen LogP contribution in [0.1, 0.15) is 12.2 Å². The summed E-state index contributed by atoms with van der Waals surface area (Å²) in [5.41, 5.74) is 3.74. The highest BCUT2D eigenvalue weighted by Crippen LogP contribution is 2.29. The molecule has 0 spiro atoms. The number of pyridine rings is 1. The molecule has 1 saturated heterocycles. The third-order valence-corrected chi connectivity index (χ3v) is 4.96. The minimum absolute atomic E-state index is 0.190. The van der Waals surface area contributed by atoms with Crippen LogP contribution in [0, 0.1) is 24.3 Å². The van der Waals surface area contributed by atoms with E-state index in [1.165, 1.54) is 0 Å². The molecule has 1 aliphatic rings. The fraction of sp³-hybridized carbons (Fsp3) is 0.238. The normalized spacial score (nSPS) is 15.9. The molecular weight excluding hydrogens is 354 g/mol. The van der Waals surface area contributed by atoms with Crippen LogP contribution in [0.2, 0.25) is 0 Å². The van der Waals surface area contributed by atoms with E-state index in [2.05, 4.69) is 15.5 Å². The van der Waals surface area contributed by atoms with Crippen LogP contribution in [0.25, 0.3) is 22.3 Å². The predicted molar refractivity (Wildman–Crippen MR) is 104 cm³/mol. The first-order valence-corrected chi connectivity index (χ1v) is 9.10. The summed E-state index contributed by atoms with van der Waals surface area (Å²) >= 11 is 0. The quantitative estimate of drug-likeness (QED) is 0.558. The average Bonchev–Trinajstić information content (AvgIpc) is 3.41. The first-order chi connectivity index (χ1) is 13.7. The number of rotatable bonds is 4. The number of hydrogen-bond donors (Lipinski definition) is 1. The number of carbonyl (C=O) groups is 1. The molecule has 0 aliphatic carbocycles. The van der Waals surface area contributed by atoms with Gasteiger partial charge in [0.05, 0.1) is 12.1 Å². The van der Waals surface area contributed by atoms with E-state index in [-0.39, 0.29) is 11.8 Å². The summed E-state index contributed by atoms with van der Waals surface area (Å²) < 4.78 is 5.16. The summed E-state index contributed by atoms with van der Waals surface area (Å²) in [6.07, 6.45) is 6.03. The number of hydrogen-bond acceptors (Lipinski definition) is 6. The molecule has 1 fully saturated rings. The lowest BCUT2D eigenvalue weighted by Crippen LogP contribution is -2.34. The fourth-order valence-electron chi connectivity index (χ4n) is 3.42. The monoisotopic (exact) mass is 373 g/mol. The van der Waals surface area contributed by atoms with Gasteiger partial charge in [0, 0.05) is 18.3 Å². The molecule has 1 N–H and O–H groups in total. The Morgan fingerprint density at radius 2 is 2.11 bits per heavy atom. The highest BCUT2D eigenvalue weighted by Gasteiger charge is 2.29. The first-order valence-electron chi connectivity index (χ1n) is 9.10. The van der Waals surface area contributed by atoms with Crippen LogP contribution >= 0.6 is 0 Å².